The number of hydrogen-bond acceptors (Lipinski definition) is 9. The first-order valence-electron chi connectivity index (χ1n) is 9.46. The molecule has 0 bridgehead atoms. The highest BCUT2D eigenvalue weighted by Crippen LogP contribution is 2.20. The number of esters is 1. The Labute approximate surface area is 172 Å². The Kier molecular flexibility index (Phi) is 5.51. The molecule has 9 nitrogen and oxygen atoms in total. The fourth-order valence-corrected chi connectivity index (χ4v) is 3.03. The molecule has 0 aliphatic carbocycles. The molecule has 2 heterocycles. The lowest BCUT2D eigenvalue weighted by molar-refractivity contribution is -0.144. The van der Waals surface area contributed by atoms with Gasteiger partial charge in [0.25, 0.3) is 0 Å². The van der Waals surface area contributed by atoms with Crippen LogP contribution in [0.5, 0.6) is 0 Å². The Morgan fingerprint density at radius 3 is 2.77 bits per heavy atom. The molecule has 152 valence electrons. The number of nitrogens with two attached hydrogens (primary N) is 1. The summed E-state index contributed by atoms with van der Waals surface area (Å²) in [4.78, 5) is 24.7. The molecule has 9 heteroatoms. The van der Waals surface area contributed by atoms with Gasteiger partial charge in [0.05, 0.1) is 6.42 Å². The fourth-order valence-electron chi connectivity index (χ4n) is 3.03. The number of hydrogen-bond donors (Lipinski definition) is 2. The molecule has 0 spiro atoms. The van der Waals surface area contributed by atoms with Gasteiger partial charge in [0.2, 0.25) is 11.9 Å². The van der Waals surface area contributed by atoms with Gasteiger partial charge in [-0.1, -0.05) is 42.4 Å². The second-order valence-electron chi connectivity index (χ2n) is 6.53. The van der Waals surface area contributed by atoms with E-state index in [4.69, 9.17) is 15.0 Å². The first kappa shape index (κ1) is 19.3. The summed E-state index contributed by atoms with van der Waals surface area (Å²) in [5.41, 5.74) is 8.93. The second kappa shape index (κ2) is 8.56. The molecule has 30 heavy (non-hydrogen) atoms. The molecule has 0 fully saturated rings. The van der Waals surface area contributed by atoms with Crippen LogP contribution in [0.2, 0.25) is 0 Å². The number of anilines is 3. The van der Waals surface area contributed by atoms with Crippen LogP contribution in [0.4, 0.5) is 17.6 Å². The van der Waals surface area contributed by atoms with Gasteiger partial charge in [-0.25, -0.2) is 0 Å². The topological polar surface area (TPSA) is 129 Å². The van der Waals surface area contributed by atoms with Crippen LogP contribution in [-0.2, 0) is 29.0 Å². The number of nitrogens with one attached hydrogen (secondary N) is 1. The molecule has 2 aromatic heterocycles. The molecule has 3 N–H and O–H groups in total. The molecular weight excluding hydrogens is 384 g/mol. The maximum Gasteiger partial charge on any atom is 0.312 e. The Morgan fingerprint density at radius 2 is 1.90 bits per heavy atom. The quantitative estimate of drug-likeness (QED) is 0.446. The number of aromatic nitrogens is 4. The first-order valence-corrected chi connectivity index (χ1v) is 9.46. The van der Waals surface area contributed by atoms with E-state index in [0.717, 1.165) is 23.1 Å². The van der Waals surface area contributed by atoms with Crippen LogP contribution in [0.1, 0.15) is 24.0 Å². The average molecular weight is 404 g/mol. The predicted molar refractivity (Wildman–Crippen MR) is 111 cm³/mol. The summed E-state index contributed by atoms with van der Waals surface area (Å²) in [5.74, 6) is 0.100. The molecule has 0 amide bonds. The number of nitrogens with zero attached hydrogens (tertiary/aromatic N) is 4. The molecule has 0 saturated carbocycles. The normalized spacial score (nSPS) is 10.8. The van der Waals surface area contributed by atoms with Crippen molar-refractivity contribution >= 4 is 34.5 Å². The van der Waals surface area contributed by atoms with E-state index in [1.165, 1.54) is 0 Å². The maximum atomic E-state index is 12.2. The summed E-state index contributed by atoms with van der Waals surface area (Å²) < 4.78 is 10.5. The van der Waals surface area contributed by atoms with E-state index in [9.17, 15) is 4.79 Å². The van der Waals surface area contributed by atoms with Crippen LogP contribution in [0.3, 0.4) is 0 Å². The van der Waals surface area contributed by atoms with Crippen LogP contribution in [-0.4, -0.2) is 26.1 Å². The standard InChI is InChI=1S/C21H20N6O3/c1-2-13-7-3-5-9-15(13)23-21-25-18(24-20(22)26-21)12-29-19(28)11-16-14-8-4-6-10-17(14)30-27-16/h3-10H,2,11-12H2,1H3,(H3,22,23,24,25,26). The molecule has 0 saturated heterocycles. The van der Waals surface area contributed by atoms with Gasteiger partial charge in [0.1, 0.15) is 5.69 Å². The molecular formula is C21H20N6O3. The van der Waals surface area contributed by atoms with E-state index in [1.807, 2.05) is 42.5 Å². The third kappa shape index (κ3) is 4.35. The number of benzene rings is 2. The molecule has 4 rings (SSSR count). The van der Waals surface area contributed by atoms with E-state index in [-0.39, 0.29) is 30.7 Å². The zero-order valence-electron chi connectivity index (χ0n) is 16.3. The number of fused-ring (bicyclic) bond motifs is 1. The lowest BCUT2D eigenvalue weighted by Gasteiger charge is -2.10. The fraction of sp³-hybridized carbons (Fsp3) is 0.190. The summed E-state index contributed by atoms with van der Waals surface area (Å²) in [6.07, 6.45) is 0.831. The number of carbonyl (C=O) groups excluding carboxylic acids is 1. The minimum absolute atomic E-state index is 0.0213. The Balaban J connectivity index is 1.42. The number of para-hydroxylation sites is 2. The Hall–Kier alpha value is -4.01. The molecule has 0 aliphatic rings. The smallest absolute Gasteiger partial charge is 0.312 e. The van der Waals surface area contributed by atoms with Crippen LogP contribution < -0.4 is 11.1 Å². The van der Waals surface area contributed by atoms with Crippen molar-refractivity contribution in [2.24, 2.45) is 0 Å². The van der Waals surface area contributed by atoms with Crippen molar-refractivity contribution in [2.75, 3.05) is 11.1 Å². The lowest BCUT2D eigenvalue weighted by atomic mass is 10.1. The van der Waals surface area contributed by atoms with Crippen molar-refractivity contribution in [3.8, 4) is 0 Å². The largest absolute Gasteiger partial charge is 0.457 e. The van der Waals surface area contributed by atoms with Gasteiger partial charge >= 0.3 is 5.97 Å². The number of carbonyl (C=O) groups is 1. The molecule has 0 atom stereocenters. The SMILES string of the molecule is CCc1ccccc1Nc1nc(N)nc(COC(=O)Cc2noc3ccccc23)n1. The maximum absolute atomic E-state index is 12.2. The summed E-state index contributed by atoms with van der Waals surface area (Å²) in [6, 6.07) is 15.2. The Morgan fingerprint density at radius 1 is 1.10 bits per heavy atom. The van der Waals surface area contributed by atoms with Gasteiger partial charge in [0, 0.05) is 11.1 Å². The van der Waals surface area contributed by atoms with Gasteiger partial charge in [0.15, 0.2) is 18.0 Å². The van der Waals surface area contributed by atoms with Gasteiger partial charge < -0.3 is 20.3 Å². The number of nitrogen functional groups attached to an aromatic ring is 1. The van der Waals surface area contributed by atoms with Crippen molar-refractivity contribution < 1.29 is 14.1 Å². The molecule has 0 aliphatic heterocycles. The summed E-state index contributed by atoms with van der Waals surface area (Å²) in [5, 5.41) is 7.86. The molecule has 4 aromatic rings. The van der Waals surface area contributed by atoms with Gasteiger partial charge in [-0.3, -0.25) is 4.79 Å². The highest BCUT2D eigenvalue weighted by Gasteiger charge is 2.14. The highest BCUT2D eigenvalue weighted by molar-refractivity contribution is 5.84. The van der Waals surface area contributed by atoms with Crippen LogP contribution in [0, 0.1) is 0 Å². The van der Waals surface area contributed by atoms with Gasteiger partial charge in [-0.2, -0.15) is 15.0 Å². The summed E-state index contributed by atoms with van der Waals surface area (Å²) in [6.45, 7) is 1.93. The third-order valence-electron chi connectivity index (χ3n) is 4.47. The van der Waals surface area contributed by atoms with Crippen LogP contribution in [0.25, 0.3) is 11.0 Å². The molecule has 0 unspecified atom stereocenters. The van der Waals surface area contributed by atoms with E-state index in [2.05, 4.69) is 32.3 Å². The van der Waals surface area contributed by atoms with E-state index in [1.54, 1.807) is 6.07 Å². The van der Waals surface area contributed by atoms with Crippen molar-refractivity contribution in [3.63, 3.8) is 0 Å². The average Bonchev–Trinajstić information content (AvgIpc) is 3.15. The highest BCUT2D eigenvalue weighted by atomic mass is 16.5. The van der Waals surface area contributed by atoms with Crippen molar-refractivity contribution in [3.05, 3.63) is 65.6 Å². The number of rotatable bonds is 7. The van der Waals surface area contributed by atoms with E-state index < -0.39 is 5.97 Å². The molecule has 0 radical (unpaired) electrons. The zero-order valence-corrected chi connectivity index (χ0v) is 16.3. The minimum atomic E-state index is -0.473. The Bertz CT molecular complexity index is 1190. The number of aryl methyl sites for hydroxylation is 1. The van der Waals surface area contributed by atoms with Crippen molar-refractivity contribution in [1.29, 1.82) is 0 Å². The first-order chi connectivity index (χ1) is 14.6. The predicted octanol–water partition coefficient (Wildman–Crippen LogP) is 3.19. The zero-order chi connectivity index (χ0) is 20.9. The van der Waals surface area contributed by atoms with Crippen molar-refractivity contribution in [2.45, 2.75) is 26.4 Å². The van der Waals surface area contributed by atoms with Crippen LogP contribution in [0.15, 0.2) is 53.1 Å². The van der Waals surface area contributed by atoms with Gasteiger partial charge in [-0.15, -0.1) is 0 Å². The van der Waals surface area contributed by atoms with Gasteiger partial charge in [-0.05, 0) is 30.2 Å². The monoisotopic (exact) mass is 404 g/mol. The number of ether oxygens (including phenoxy) is 1. The minimum Gasteiger partial charge on any atom is -0.457 e. The summed E-state index contributed by atoms with van der Waals surface area (Å²) in [7, 11) is 0. The van der Waals surface area contributed by atoms with Crippen LogP contribution >= 0.6 is 0 Å². The third-order valence-corrected chi connectivity index (χ3v) is 4.47. The lowest BCUT2D eigenvalue weighted by Crippen LogP contribution is -2.13. The van der Waals surface area contributed by atoms with E-state index in [0.29, 0.717) is 11.3 Å². The van der Waals surface area contributed by atoms with E-state index >= 15 is 0 Å². The van der Waals surface area contributed by atoms with Crippen molar-refractivity contribution in [1.82, 2.24) is 20.1 Å². The second-order valence-corrected chi connectivity index (χ2v) is 6.53. The summed E-state index contributed by atoms with van der Waals surface area (Å²) >= 11 is 0. The molecule has 2 aromatic carbocycles.